The molecule has 0 unspecified atom stereocenters. The molecule has 6 nitrogen and oxygen atoms in total. The van der Waals surface area contributed by atoms with Crippen molar-refractivity contribution in [3.05, 3.63) is 59.7 Å². The second kappa shape index (κ2) is 9.27. The van der Waals surface area contributed by atoms with Gasteiger partial charge in [0.1, 0.15) is 17.7 Å². The predicted molar refractivity (Wildman–Crippen MR) is 104 cm³/mol. The number of carbonyl (C=O) groups excluding carboxylic acids is 2. The first-order valence-electron chi connectivity index (χ1n) is 8.80. The van der Waals surface area contributed by atoms with E-state index in [-0.39, 0.29) is 18.3 Å². The molecule has 150 valence electrons. The molecule has 2 amide bonds. The monoisotopic (exact) mass is 391 g/mol. The van der Waals surface area contributed by atoms with E-state index in [9.17, 15) is 18.4 Å². The van der Waals surface area contributed by atoms with Gasteiger partial charge in [0.15, 0.2) is 0 Å². The first-order chi connectivity index (χ1) is 13.2. The molecular formula is C20H25F2N4O2+. The van der Waals surface area contributed by atoms with Crippen LogP contribution in [0, 0.1) is 11.6 Å². The van der Waals surface area contributed by atoms with E-state index in [0.717, 1.165) is 28.3 Å². The fourth-order valence-corrected chi connectivity index (χ4v) is 2.71. The summed E-state index contributed by atoms with van der Waals surface area (Å²) in [6, 6.07) is 10.6. The Bertz CT molecular complexity index is 839. The summed E-state index contributed by atoms with van der Waals surface area (Å²) in [7, 11) is 7.80. The zero-order valence-corrected chi connectivity index (χ0v) is 16.3. The number of benzene rings is 2. The predicted octanol–water partition coefficient (Wildman–Crippen LogP) is 0.971. The van der Waals surface area contributed by atoms with Crippen LogP contribution in [0.15, 0.2) is 42.5 Å². The summed E-state index contributed by atoms with van der Waals surface area (Å²) in [6.45, 7) is 0.224. The Morgan fingerprint density at radius 2 is 1.68 bits per heavy atom. The Balaban J connectivity index is 2.00. The molecule has 0 aliphatic heterocycles. The number of hydrogen-bond donors (Lipinski definition) is 3. The lowest BCUT2D eigenvalue weighted by atomic mass is 10.1. The molecule has 2 aromatic carbocycles. The van der Waals surface area contributed by atoms with Crippen molar-refractivity contribution in [3.8, 4) is 0 Å². The maximum absolute atomic E-state index is 13.6. The number of hydrogen-bond acceptors (Lipinski definition) is 3. The molecule has 0 saturated heterocycles. The molecule has 0 aromatic heterocycles. The van der Waals surface area contributed by atoms with Gasteiger partial charge in [0.25, 0.3) is 0 Å². The van der Waals surface area contributed by atoms with Gasteiger partial charge in [-0.25, -0.2) is 8.78 Å². The second-order valence-corrected chi connectivity index (χ2v) is 6.90. The van der Waals surface area contributed by atoms with Gasteiger partial charge in [-0.05, 0) is 24.3 Å². The maximum Gasteiger partial charge on any atom is 0.313 e. The Morgan fingerprint density at radius 3 is 2.21 bits per heavy atom. The largest absolute Gasteiger partial charge is 0.378 e. The third-order valence-corrected chi connectivity index (χ3v) is 4.36. The zero-order chi connectivity index (χ0) is 20.8. The molecule has 0 saturated carbocycles. The number of carbonyl (C=O) groups is 2. The molecule has 0 spiro atoms. The molecule has 0 radical (unpaired) electrons. The Labute approximate surface area is 163 Å². The van der Waals surface area contributed by atoms with Crippen LogP contribution in [-0.2, 0) is 9.59 Å². The summed E-state index contributed by atoms with van der Waals surface area (Å²) in [4.78, 5) is 27.1. The second-order valence-electron chi connectivity index (χ2n) is 6.90. The van der Waals surface area contributed by atoms with Gasteiger partial charge in [0.05, 0.1) is 26.3 Å². The van der Waals surface area contributed by atoms with Crippen LogP contribution in [-0.4, -0.2) is 46.5 Å². The minimum atomic E-state index is -1.01. The number of halogens is 2. The highest BCUT2D eigenvalue weighted by atomic mass is 19.1. The fraction of sp³-hybridized carbons (Fsp3) is 0.300. The number of quaternary nitrogens is 1. The average Bonchev–Trinajstić information content (AvgIpc) is 2.64. The van der Waals surface area contributed by atoms with Gasteiger partial charge in [-0.2, -0.15) is 0 Å². The fourth-order valence-electron chi connectivity index (χ4n) is 2.71. The van der Waals surface area contributed by atoms with Crippen molar-refractivity contribution in [1.29, 1.82) is 0 Å². The van der Waals surface area contributed by atoms with Crippen molar-refractivity contribution in [2.75, 3.05) is 45.0 Å². The molecule has 0 aliphatic carbocycles. The first kappa shape index (κ1) is 21.3. The molecule has 2 rings (SSSR count). The van der Waals surface area contributed by atoms with Crippen molar-refractivity contribution < 1.29 is 23.3 Å². The van der Waals surface area contributed by atoms with Crippen LogP contribution in [0.25, 0.3) is 0 Å². The summed E-state index contributed by atoms with van der Waals surface area (Å²) in [5.41, 5.74) is 1.81. The number of anilines is 2. The average molecular weight is 391 g/mol. The van der Waals surface area contributed by atoms with Crippen LogP contribution in [0.5, 0.6) is 0 Å². The molecule has 0 heterocycles. The zero-order valence-electron chi connectivity index (χ0n) is 16.3. The molecule has 1 atom stereocenters. The van der Waals surface area contributed by atoms with Crippen molar-refractivity contribution >= 4 is 23.2 Å². The van der Waals surface area contributed by atoms with Crippen LogP contribution < -0.4 is 20.4 Å². The standard InChI is InChI=1S/C20H24F2N4O2/c1-25(2)15-8-5-13(6-9-15)18(26(3)4)12-23-19(27)20(28)24-17-10-7-14(21)11-16(17)22/h5-11,18H,12H2,1-4H3,(H,23,27)(H,24,28)/p+1/t18-/m1/s1. The molecule has 28 heavy (non-hydrogen) atoms. The Hall–Kier alpha value is -3.00. The number of rotatable bonds is 6. The smallest absolute Gasteiger partial charge is 0.313 e. The number of nitrogens with one attached hydrogen (secondary N) is 3. The van der Waals surface area contributed by atoms with E-state index in [0.29, 0.717) is 6.07 Å². The van der Waals surface area contributed by atoms with E-state index in [1.165, 1.54) is 0 Å². The molecular weight excluding hydrogens is 366 g/mol. The Morgan fingerprint density at radius 1 is 1.04 bits per heavy atom. The number of nitrogens with zero attached hydrogens (tertiary/aromatic N) is 1. The number of amides is 2. The van der Waals surface area contributed by atoms with Crippen LogP contribution in [0.2, 0.25) is 0 Å². The van der Waals surface area contributed by atoms with Crippen molar-refractivity contribution in [3.63, 3.8) is 0 Å². The molecule has 8 heteroatoms. The lowest BCUT2D eigenvalue weighted by Crippen LogP contribution is -3.07. The van der Waals surface area contributed by atoms with Crippen LogP contribution in [0.3, 0.4) is 0 Å². The Kier molecular flexibility index (Phi) is 7.06. The summed E-state index contributed by atoms with van der Waals surface area (Å²) < 4.78 is 26.5. The van der Waals surface area contributed by atoms with E-state index in [2.05, 4.69) is 10.6 Å². The topological polar surface area (TPSA) is 65.9 Å². The van der Waals surface area contributed by atoms with Crippen LogP contribution >= 0.6 is 0 Å². The summed E-state index contributed by atoms with van der Waals surface area (Å²) >= 11 is 0. The third kappa shape index (κ3) is 5.50. The normalized spacial score (nSPS) is 11.8. The van der Waals surface area contributed by atoms with E-state index in [4.69, 9.17) is 0 Å². The quantitative estimate of drug-likeness (QED) is 0.643. The summed E-state index contributed by atoms with van der Waals surface area (Å²) in [5, 5.41) is 4.72. The number of likely N-dealkylation sites (N-methyl/N-ethyl adjacent to an activating group) is 1. The van der Waals surface area contributed by atoms with Gasteiger partial charge in [0.2, 0.25) is 0 Å². The molecule has 2 aromatic rings. The summed E-state index contributed by atoms with van der Waals surface area (Å²) in [6.07, 6.45) is 0. The van der Waals surface area contributed by atoms with Gasteiger partial charge in [-0.1, -0.05) is 12.1 Å². The molecule has 0 bridgehead atoms. The van der Waals surface area contributed by atoms with E-state index >= 15 is 0 Å². The molecule has 0 aliphatic rings. The van der Waals surface area contributed by atoms with Crippen molar-refractivity contribution in [1.82, 2.24) is 5.32 Å². The van der Waals surface area contributed by atoms with Gasteiger partial charge in [-0.3, -0.25) is 9.59 Å². The van der Waals surface area contributed by atoms with Crippen LogP contribution in [0.1, 0.15) is 11.6 Å². The molecule has 3 N–H and O–H groups in total. The van der Waals surface area contributed by atoms with Gasteiger partial charge < -0.3 is 20.4 Å². The van der Waals surface area contributed by atoms with Crippen molar-refractivity contribution in [2.45, 2.75) is 6.04 Å². The van der Waals surface area contributed by atoms with Crippen LogP contribution in [0.4, 0.5) is 20.2 Å². The third-order valence-electron chi connectivity index (χ3n) is 4.36. The highest BCUT2D eigenvalue weighted by molar-refractivity contribution is 6.39. The highest BCUT2D eigenvalue weighted by Gasteiger charge is 2.22. The van der Waals surface area contributed by atoms with Gasteiger partial charge in [0, 0.05) is 31.4 Å². The van der Waals surface area contributed by atoms with E-state index in [1.54, 1.807) is 0 Å². The maximum atomic E-state index is 13.6. The first-order valence-corrected chi connectivity index (χ1v) is 8.80. The minimum Gasteiger partial charge on any atom is -0.378 e. The van der Waals surface area contributed by atoms with E-state index < -0.39 is 23.4 Å². The van der Waals surface area contributed by atoms with E-state index in [1.807, 2.05) is 57.4 Å². The lowest BCUT2D eigenvalue weighted by Gasteiger charge is -2.23. The lowest BCUT2D eigenvalue weighted by molar-refractivity contribution is -0.890. The highest BCUT2D eigenvalue weighted by Crippen LogP contribution is 2.16. The van der Waals surface area contributed by atoms with Crippen molar-refractivity contribution in [2.24, 2.45) is 0 Å². The summed E-state index contributed by atoms with van der Waals surface area (Å²) in [5.74, 6) is -3.62. The minimum absolute atomic E-state index is 0.0736. The van der Waals surface area contributed by atoms with Gasteiger partial charge in [-0.15, -0.1) is 0 Å². The van der Waals surface area contributed by atoms with Gasteiger partial charge >= 0.3 is 11.8 Å². The SMILES string of the molecule is CN(C)c1ccc([C@@H](CNC(=O)C(=O)Nc2ccc(F)cc2F)[NH+](C)C)cc1. The molecule has 0 fully saturated rings.